The largest absolute Gasteiger partial charge is 0.369 e. The van der Waals surface area contributed by atoms with Crippen LogP contribution in [0.3, 0.4) is 0 Å². The molecule has 1 aliphatic rings. The lowest BCUT2D eigenvalue weighted by molar-refractivity contribution is 0.622. The van der Waals surface area contributed by atoms with E-state index in [9.17, 15) is 4.39 Å². The maximum Gasteiger partial charge on any atom is 0.147 e. The highest BCUT2D eigenvalue weighted by Crippen LogP contribution is 2.29. The summed E-state index contributed by atoms with van der Waals surface area (Å²) in [6, 6.07) is 4.61. The number of halogens is 2. The van der Waals surface area contributed by atoms with Crippen molar-refractivity contribution in [3.05, 3.63) is 28.5 Å². The average molecular weight is 225 g/mol. The van der Waals surface area contributed by atoms with E-state index in [1.165, 1.54) is 6.07 Å². The fourth-order valence-electron chi connectivity index (χ4n) is 1.82. The zero-order valence-electron chi connectivity index (χ0n) is 8.13. The molecule has 4 heteroatoms. The van der Waals surface area contributed by atoms with Gasteiger partial charge in [0.05, 0.1) is 16.3 Å². The average Bonchev–Trinajstić information content (AvgIpc) is 2.74. The molecule has 0 saturated carbocycles. The summed E-state index contributed by atoms with van der Waals surface area (Å²) >= 11 is 5.86. The van der Waals surface area contributed by atoms with Gasteiger partial charge in [-0.25, -0.2) is 4.39 Å². The number of benzene rings is 1. The van der Waals surface area contributed by atoms with Gasteiger partial charge in [-0.05, 0) is 25.0 Å². The molecule has 78 valence electrons. The molecule has 2 rings (SSSR count). The maximum absolute atomic E-state index is 13.6. The van der Waals surface area contributed by atoms with Gasteiger partial charge in [0.1, 0.15) is 11.9 Å². The van der Waals surface area contributed by atoms with Crippen LogP contribution in [0.2, 0.25) is 5.02 Å². The summed E-state index contributed by atoms with van der Waals surface area (Å²) < 4.78 is 13.6. The molecule has 1 aliphatic heterocycles. The molecular formula is C11H10ClFN2. The first-order chi connectivity index (χ1) is 7.22. The molecule has 1 heterocycles. The van der Waals surface area contributed by atoms with Crippen LogP contribution in [-0.4, -0.2) is 13.1 Å². The van der Waals surface area contributed by atoms with E-state index >= 15 is 0 Å². The molecule has 0 aliphatic carbocycles. The van der Waals surface area contributed by atoms with Crippen LogP contribution in [0.15, 0.2) is 12.1 Å². The topological polar surface area (TPSA) is 27.0 Å². The van der Waals surface area contributed by atoms with Crippen molar-refractivity contribution in [3.63, 3.8) is 0 Å². The van der Waals surface area contributed by atoms with Crippen molar-refractivity contribution in [1.29, 1.82) is 5.26 Å². The molecule has 0 unspecified atom stereocenters. The molecule has 0 bridgehead atoms. The summed E-state index contributed by atoms with van der Waals surface area (Å²) in [5.41, 5.74) is 0.702. The van der Waals surface area contributed by atoms with Gasteiger partial charge < -0.3 is 4.90 Å². The molecule has 15 heavy (non-hydrogen) atoms. The Morgan fingerprint density at radius 3 is 2.60 bits per heavy atom. The Balaban J connectivity index is 2.40. The first-order valence-corrected chi connectivity index (χ1v) is 5.24. The van der Waals surface area contributed by atoms with Gasteiger partial charge in [-0.3, -0.25) is 0 Å². The summed E-state index contributed by atoms with van der Waals surface area (Å²) in [6.45, 7) is 1.72. The Morgan fingerprint density at radius 2 is 2.00 bits per heavy atom. The van der Waals surface area contributed by atoms with E-state index in [2.05, 4.69) is 0 Å². The Bertz CT molecular complexity index is 419. The summed E-state index contributed by atoms with van der Waals surface area (Å²) in [6.07, 6.45) is 2.16. The van der Waals surface area contributed by atoms with E-state index in [4.69, 9.17) is 16.9 Å². The number of anilines is 1. The van der Waals surface area contributed by atoms with Crippen LogP contribution < -0.4 is 4.90 Å². The summed E-state index contributed by atoms with van der Waals surface area (Å²) in [5.74, 6) is -0.363. The van der Waals surface area contributed by atoms with Crippen LogP contribution >= 0.6 is 11.6 Å². The van der Waals surface area contributed by atoms with Gasteiger partial charge in [-0.1, -0.05) is 11.6 Å². The first kappa shape index (κ1) is 10.3. The van der Waals surface area contributed by atoms with Crippen LogP contribution in [0.25, 0.3) is 0 Å². The number of hydrogen-bond donors (Lipinski definition) is 0. The van der Waals surface area contributed by atoms with Crippen molar-refractivity contribution in [3.8, 4) is 6.07 Å². The molecule has 0 spiro atoms. The minimum absolute atomic E-state index is 0.192. The van der Waals surface area contributed by atoms with Gasteiger partial charge in [0, 0.05) is 13.1 Å². The SMILES string of the molecule is N#Cc1cc(F)c(N2CCCC2)cc1Cl. The fourth-order valence-corrected chi connectivity index (χ4v) is 2.02. The van der Waals surface area contributed by atoms with E-state index in [1.54, 1.807) is 6.07 Å². The predicted octanol–water partition coefficient (Wildman–Crippen LogP) is 2.95. The van der Waals surface area contributed by atoms with Crippen LogP contribution in [0, 0.1) is 17.1 Å². The highest BCUT2D eigenvalue weighted by Gasteiger charge is 2.17. The fraction of sp³-hybridized carbons (Fsp3) is 0.364. The van der Waals surface area contributed by atoms with Crippen LogP contribution in [-0.2, 0) is 0 Å². The third kappa shape index (κ3) is 1.91. The van der Waals surface area contributed by atoms with Crippen molar-refractivity contribution in [2.45, 2.75) is 12.8 Å². The Kier molecular flexibility index (Phi) is 2.79. The minimum Gasteiger partial charge on any atom is -0.369 e. The molecule has 1 saturated heterocycles. The van der Waals surface area contributed by atoms with Crippen molar-refractivity contribution < 1.29 is 4.39 Å². The quantitative estimate of drug-likeness (QED) is 0.733. The van der Waals surface area contributed by atoms with Gasteiger partial charge >= 0.3 is 0 Å². The number of nitrogens with zero attached hydrogens (tertiary/aromatic N) is 2. The van der Waals surface area contributed by atoms with E-state index in [-0.39, 0.29) is 11.4 Å². The van der Waals surface area contributed by atoms with Gasteiger partial charge in [-0.15, -0.1) is 0 Å². The van der Waals surface area contributed by atoms with Crippen molar-refractivity contribution in [1.82, 2.24) is 0 Å². The Morgan fingerprint density at radius 1 is 1.33 bits per heavy atom. The summed E-state index contributed by atoms with van der Waals surface area (Å²) in [7, 11) is 0. The Labute approximate surface area is 92.9 Å². The molecule has 0 amide bonds. The second-order valence-electron chi connectivity index (χ2n) is 3.59. The third-order valence-corrected chi connectivity index (χ3v) is 2.92. The molecule has 0 N–H and O–H groups in total. The van der Waals surface area contributed by atoms with Crippen LogP contribution in [0.1, 0.15) is 18.4 Å². The standard InChI is InChI=1S/C11H10ClFN2/c12-9-6-11(15-3-1-2-4-15)10(13)5-8(9)7-14/h5-6H,1-4H2. The van der Waals surface area contributed by atoms with Crippen molar-refractivity contribution >= 4 is 17.3 Å². The summed E-state index contributed by atoms with van der Waals surface area (Å²) in [5, 5.41) is 9.00. The predicted molar refractivity (Wildman–Crippen MR) is 57.6 cm³/mol. The minimum atomic E-state index is -0.363. The lowest BCUT2D eigenvalue weighted by Gasteiger charge is -2.18. The van der Waals surface area contributed by atoms with E-state index in [1.807, 2.05) is 11.0 Å². The second kappa shape index (κ2) is 4.08. The molecule has 1 fully saturated rings. The van der Waals surface area contributed by atoms with Crippen LogP contribution in [0.4, 0.5) is 10.1 Å². The monoisotopic (exact) mass is 224 g/mol. The molecule has 0 aromatic heterocycles. The Hall–Kier alpha value is -1.27. The normalized spacial score (nSPS) is 15.4. The second-order valence-corrected chi connectivity index (χ2v) is 4.00. The first-order valence-electron chi connectivity index (χ1n) is 4.86. The number of rotatable bonds is 1. The number of hydrogen-bond acceptors (Lipinski definition) is 2. The molecule has 0 atom stereocenters. The van der Waals surface area contributed by atoms with Gasteiger partial charge in [0.25, 0.3) is 0 Å². The number of nitriles is 1. The van der Waals surface area contributed by atoms with Gasteiger partial charge in [-0.2, -0.15) is 5.26 Å². The van der Waals surface area contributed by atoms with Gasteiger partial charge in [0.2, 0.25) is 0 Å². The lowest BCUT2D eigenvalue weighted by atomic mass is 10.2. The molecule has 2 nitrogen and oxygen atoms in total. The van der Waals surface area contributed by atoms with Crippen LogP contribution in [0.5, 0.6) is 0 Å². The highest BCUT2D eigenvalue weighted by atomic mass is 35.5. The summed E-state index contributed by atoms with van der Waals surface area (Å²) in [4.78, 5) is 1.96. The molecule has 0 radical (unpaired) electrons. The highest BCUT2D eigenvalue weighted by molar-refractivity contribution is 6.32. The van der Waals surface area contributed by atoms with E-state index < -0.39 is 0 Å². The zero-order chi connectivity index (χ0) is 10.8. The molecule has 1 aromatic rings. The van der Waals surface area contributed by atoms with Gasteiger partial charge in [0.15, 0.2) is 0 Å². The van der Waals surface area contributed by atoms with Crippen molar-refractivity contribution in [2.24, 2.45) is 0 Å². The molecular weight excluding hydrogens is 215 g/mol. The van der Waals surface area contributed by atoms with Crippen molar-refractivity contribution in [2.75, 3.05) is 18.0 Å². The maximum atomic E-state index is 13.6. The zero-order valence-corrected chi connectivity index (χ0v) is 8.89. The van der Waals surface area contributed by atoms with E-state index in [0.29, 0.717) is 10.7 Å². The smallest absolute Gasteiger partial charge is 0.147 e. The van der Waals surface area contributed by atoms with E-state index in [0.717, 1.165) is 25.9 Å². The lowest BCUT2D eigenvalue weighted by Crippen LogP contribution is -2.19. The third-order valence-electron chi connectivity index (χ3n) is 2.60. The molecule has 1 aromatic carbocycles.